The smallest absolute Gasteiger partial charge is 0.348 e. The molecule has 3 heteroatoms. The molecule has 0 aliphatic carbocycles. The quantitative estimate of drug-likeness (QED) is 0.280. The fraction of sp³-hybridized carbons (Fsp3) is 0.667. The first kappa shape index (κ1) is 13.7. The topological polar surface area (TPSA) is 50.1 Å². The van der Waals surface area contributed by atoms with Crippen molar-refractivity contribution in [2.45, 2.75) is 46.0 Å². The number of ether oxygens (including phenoxy) is 1. The van der Waals surface area contributed by atoms with Gasteiger partial charge in [-0.05, 0) is 12.8 Å². The van der Waals surface area contributed by atoms with Crippen LogP contribution in [0.5, 0.6) is 0 Å². The Kier molecular flexibility index (Phi) is 8.46. The van der Waals surface area contributed by atoms with E-state index in [4.69, 9.17) is 10.00 Å². The van der Waals surface area contributed by atoms with Gasteiger partial charge in [0.25, 0.3) is 0 Å². The predicted molar refractivity (Wildman–Crippen MR) is 59.1 cm³/mol. The van der Waals surface area contributed by atoms with Crippen molar-refractivity contribution in [3.63, 3.8) is 0 Å². The Morgan fingerprint density at radius 1 is 1.33 bits per heavy atom. The van der Waals surface area contributed by atoms with Gasteiger partial charge in [-0.3, -0.25) is 0 Å². The average molecular weight is 209 g/mol. The van der Waals surface area contributed by atoms with Crippen molar-refractivity contribution in [2.24, 2.45) is 0 Å². The van der Waals surface area contributed by atoms with Crippen LogP contribution in [0.2, 0.25) is 0 Å². The number of carbonyl (C=O) groups is 1. The van der Waals surface area contributed by atoms with Gasteiger partial charge < -0.3 is 4.74 Å². The zero-order valence-corrected chi connectivity index (χ0v) is 9.58. The third kappa shape index (κ3) is 6.73. The Labute approximate surface area is 91.7 Å². The molecule has 0 aliphatic heterocycles. The summed E-state index contributed by atoms with van der Waals surface area (Å²) in [7, 11) is 0. The Hall–Kier alpha value is -1.30. The first-order valence-corrected chi connectivity index (χ1v) is 5.53. The van der Waals surface area contributed by atoms with E-state index in [1.165, 1.54) is 0 Å². The van der Waals surface area contributed by atoms with Crippen LogP contribution in [-0.2, 0) is 9.53 Å². The van der Waals surface area contributed by atoms with Gasteiger partial charge in [0.2, 0.25) is 0 Å². The maximum Gasteiger partial charge on any atom is 0.348 e. The number of nitrogens with zero attached hydrogens (tertiary/aromatic N) is 1. The van der Waals surface area contributed by atoms with Crippen molar-refractivity contribution in [1.82, 2.24) is 0 Å². The fourth-order valence-electron chi connectivity index (χ4n) is 1.15. The van der Waals surface area contributed by atoms with Crippen LogP contribution in [0.15, 0.2) is 11.6 Å². The third-order valence-electron chi connectivity index (χ3n) is 1.98. The van der Waals surface area contributed by atoms with Crippen molar-refractivity contribution >= 4 is 5.97 Å². The van der Waals surface area contributed by atoms with Crippen molar-refractivity contribution < 1.29 is 9.53 Å². The van der Waals surface area contributed by atoms with E-state index in [1.807, 2.05) is 13.0 Å². The van der Waals surface area contributed by atoms with Gasteiger partial charge >= 0.3 is 5.97 Å². The van der Waals surface area contributed by atoms with E-state index >= 15 is 0 Å². The van der Waals surface area contributed by atoms with E-state index in [1.54, 1.807) is 6.08 Å². The van der Waals surface area contributed by atoms with Crippen LogP contribution >= 0.6 is 0 Å². The molecule has 15 heavy (non-hydrogen) atoms. The SMILES string of the molecule is CCC=C(C#N)C(=O)OCCCCCC. The van der Waals surface area contributed by atoms with Crippen molar-refractivity contribution in [1.29, 1.82) is 5.26 Å². The summed E-state index contributed by atoms with van der Waals surface area (Å²) in [5.74, 6) is -0.490. The fourth-order valence-corrected chi connectivity index (χ4v) is 1.15. The van der Waals surface area contributed by atoms with E-state index in [0.717, 1.165) is 25.7 Å². The lowest BCUT2D eigenvalue weighted by Crippen LogP contribution is -2.08. The first-order chi connectivity index (χ1) is 7.26. The van der Waals surface area contributed by atoms with Gasteiger partial charge in [0.15, 0.2) is 0 Å². The Balaban J connectivity index is 3.74. The zero-order valence-electron chi connectivity index (χ0n) is 9.58. The van der Waals surface area contributed by atoms with Crippen molar-refractivity contribution in [2.75, 3.05) is 6.61 Å². The molecule has 0 saturated heterocycles. The van der Waals surface area contributed by atoms with Crippen molar-refractivity contribution in [3.05, 3.63) is 11.6 Å². The lowest BCUT2D eigenvalue weighted by atomic mass is 10.2. The number of hydrogen-bond acceptors (Lipinski definition) is 3. The second-order valence-corrected chi connectivity index (χ2v) is 3.33. The van der Waals surface area contributed by atoms with E-state index in [9.17, 15) is 4.79 Å². The summed E-state index contributed by atoms with van der Waals surface area (Å²) in [6, 6.07) is 1.84. The summed E-state index contributed by atoms with van der Waals surface area (Å²) in [6.07, 6.45) is 6.54. The summed E-state index contributed by atoms with van der Waals surface area (Å²) in [5.41, 5.74) is 0.119. The molecule has 0 spiro atoms. The molecule has 0 N–H and O–H groups in total. The monoisotopic (exact) mass is 209 g/mol. The molecule has 0 radical (unpaired) electrons. The van der Waals surface area contributed by atoms with E-state index in [2.05, 4.69) is 6.92 Å². The van der Waals surface area contributed by atoms with Gasteiger partial charge in [-0.2, -0.15) is 5.26 Å². The summed E-state index contributed by atoms with van der Waals surface area (Å²) in [6.45, 7) is 4.43. The predicted octanol–water partition coefficient (Wildman–Crippen LogP) is 2.97. The highest BCUT2D eigenvalue weighted by atomic mass is 16.5. The van der Waals surface area contributed by atoms with Crippen LogP contribution in [0.3, 0.4) is 0 Å². The van der Waals surface area contributed by atoms with Crippen LogP contribution in [0, 0.1) is 11.3 Å². The molecule has 0 aliphatic rings. The highest BCUT2D eigenvalue weighted by molar-refractivity contribution is 5.92. The number of unbranched alkanes of at least 4 members (excludes halogenated alkanes) is 3. The molecular weight excluding hydrogens is 190 g/mol. The zero-order chi connectivity index (χ0) is 11.5. The third-order valence-corrected chi connectivity index (χ3v) is 1.98. The molecule has 0 heterocycles. The van der Waals surface area contributed by atoms with Gasteiger partial charge in [-0.15, -0.1) is 0 Å². The van der Waals surface area contributed by atoms with Crippen LogP contribution in [-0.4, -0.2) is 12.6 Å². The molecule has 0 unspecified atom stereocenters. The highest BCUT2D eigenvalue weighted by Gasteiger charge is 2.08. The molecule has 0 aromatic carbocycles. The minimum Gasteiger partial charge on any atom is -0.462 e. The molecule has 0 rings (SSSR count). The lowest BCUT2D eigenvalue weighted by molar-refractivity contribution is -0.138. The van der Waals surface area contributed by atoms with Crippen molar-refractivity contribution in [3.8, 4) is 6.07 Å². The minimum atomic E-state index is -0.490. The van der Waals surface area contributed by atoms with Gasteiger partial charge in [0.05, 0.1) is 6.61 Å². The number of rotatable bonds is 7. The maximum atomic E-state index is 11.3. The van der Waals surface area contributed by atoms with E-state index in [-0.39, 0.29) is 5.57 Å². The Morgan fingerprint density at radius 3 is 2.60 bits per heavy atom. The molecular formula is C12H19NO2. The summed E-state index contributed by atoms with van der Waals surface area (Å²) < 4.78 is 4.96. The second kappa shape index (κ2) is 9.26. The van der Waals surface area contributed by atoms with Gasteiger partial charge in [0, 0.05) is 0 Å². The summed E-state index contributed by atoms with van der Waals surface area (Å²) in [5, 5.41) is 8.65. The standard InChI is InChI=1S/C12H19NO2/c1-3-5-6-7-9-15-12(14)11(10-13)8-4-2/h8H,3-7,9H2,1-2H3. The number of allylic oxidation sites excluding steroid dienone is 1. The van der Waals surface area contributed by atoms with Crippen LogP contribution in [0.1, 0.15) is 46.0 Å². The molecule has 84 valence electrons. The Morgan fingerprint density at radius 2 is 2.07 bits per heavy atom. The highest BCUT2D eigenvalue weighted by Crippen LogP contribution is 2.02. The van der Waals surface area contributed by atoms with Crippen LogP contribution in [0.4, 0.5) is 0 Å². The van der Waals surface area contributed by atoms with Gasteiger partial charge in [-0.25, -0.2) is 4.79 Å². The first-order valence-electron chi connectivity index (χ1n) is 5.53. The minimum absolute atomic E-state index is 0.119. The molecule has 0 fully saturated rings. The van der Waals surface area contributed by atoms with Crippen LogP contribution in [0.25, 0.3) is 0 Å². The molecule has 0 saturated carbocycles. The largest absolute Gasteiger partial charge is 0.462 e. The second-order valence-electron chi connectivity index (χ2n) is 3.33. The van der Waals surface area contributed by atoms with Crippen LogP contribution < -0.4 is 0 Å². The average Bonchev–Trinajstić information content (AvgIpc) is 2.25. The van der Waals surface area contributed by atoms with Gasteiger partial charge in [0.1, 0.15) is 11.6 Å². The number of esters is 1. The maximum absolute atomic E-state index is 11.3. The molecule has 0 aromatic rings. The normalized spacial score (nSPS) is 10.9. The number of carbonyl (C=O) groups excluding carboxylic acids is 1. The molecule has 0 bridgehead atoms. The Bertz CT molecular complexity index is 251. The molecule has 0 amide bonds. The molecule has 0 aromatic heterocycles. The molecule has 3 nitrogen and oxygen atoms in total. The summed E-state index contributed by atoms with van der Waals surface area (Å²) in [4.78, 5) is 11.3. The number of hydrogen-bond donors (Lipinski definition) is 0. The van der Waals surface area contributed by atoms with E-state index < -0.39 is 5.97 Å². The number of nitriles is 1. The van der Waals surface area contributed by atoms with E-state index in [0.29, 0.717) is 13.0 Å². The van der Waals surface area contributed by atoms with Gasteiger partial charge in [-0.1, -0.05) is 39.2 Å². The summed E-state index contributed by atoms with van der Waals surface area (Å²) >= 11 is 0. The molecule has 0 atom stereocenters. The lowest BCUT2D eigenvalue weighted by Gasteiger charge is -2.02.